The van der Waals surface area contributed by atoms with Crippen molar-refractivity contribution < 1.29 is 4.39 Å². The maximum Gasteiger partial charge on any atom is 0.146 e. The van der Waals surface area contributed by atoms with E-state index in [0.717, 1.165) is 25.1 Å². The van der Waals surface area contributed by atoms with Crippen LogP contribution in [0.1, 0.15) is 38.7 Å². The summed E-state index contributed by atoms with van der Waals surface area (Å²) >= 11 is 0. The zero-order valence-electron chi connectivity index (χ0n) is 12.2. The van der Waals surface area contributed by atoms with Crippen LogP contribution in [0.5, 0.6) is 0 Å². The number of nitrogens with one attached hydrogen (secondary N) is 1. The maximum atomic E-state index is 14.1. The van der Waals surface area contributed by atoms with E-state index in [1.165, 1.54) is 12.8 Å². The van der Waals surface area contributed by atoms with Crippen LogP contribution in [0.15, 0.2) is 18.2 Å². The van der Waals surface area contributed by atoms with Gasteiger partial charge in [0.05, 0.1) is 5.69 Å². The van der Waals surface area contributed by atoms with Gasteiger partial charge in [0.25, 0.3) is 0 Å². The molecule has 106 valence electrons. The predicted molar refractivity (Wildman–Crippen MR) is 79.0 cm³/mol. The first-order valence-electron chi connectivity index (χ1n) is 7.29. The number of hydrogen-bond acceptors (Lipinski definition) is 2. The van der Waals surface area contributed by atoms with Crippen molar-refractivity contribution in [2.45, 2.75) is 45.7 Å². The Bertz CT molecular complexity index is 413. The van der Waals surface area contributed by atoms with Crippen LogP contribution in [0.2, 0.25) is 0 Å². The Morgan fingerprint density at radius 2 is 2.11 bits per heavy atom. The van der Waals surface area contributed by atoms with Gasteiger partial charge in [-0.05, 0) is 42.9 Å². The average Bonchev–Trinajstić information content (AvgIpc) is 3.17. The van der Waals surface area contributed by atoms with Gasteiger partial charge in [-0.3, -0.25) is 0 Å². The fourth-order valence-corrected chi connectivity index (χ4v) is 2.09. The van der Waals surface area contributed by atoms with Crippen LogP contribution < -0.4 is 10.2 Å². The molecule has 0 spiro atoms. The molecule has 1 aliphatic rings. The lowest BCUT2D eigenvalue weighted by Crippen LogP contribution is -2.21. The number of anilines is 1. The molecule has 1 N–H and O–H groups in total. The molecule has 1 saturated carbocycles. The van der Waals surface area contributed by atoms with Gasteiger partial charge in [-0.15, -0.1) is 0 Å². The Kier molecular flexibility index (Phi) is 4.81. The topological polar surface area (TPSA) is 15.3 Å². The van der Waals surface area contributed by atoms with Crippen molar-refractivity contribution in [1.82, 2.24) is 5.32 Å². The average molecular weight is 264 g/mol. The SMILES string of the molecule is CC(C)CCN(C)c1ccc(CNC2CC2)cc1F. The highest BCUT2D eigenvalue weighted by Gasteiger charge is 2.20. The van der Waals surface area contributed by atoms with E-state index in [4.69, 9.17) is 0 Å². The Labute approximate surface area is 116 Å². The minimum atomic E-state index is -0.110. The van der Waals surface area contributed by atoms with Crippen molar-refractivity contribution in [1.29, 1.82) is 0 Å². The van der Waals surface area contributed by atoms with Gasteiger partial charge < -0.3 is 10.2 Å². The predicted octanol–water partition coefficient (Wildman–Crippen LogP) is 3.56. The molecule has 0 unspecified atom stereocenters. The van der Waals surface area contributed by atoms with E-state index >= 15 is 0 Å². The Morgan fingerprint density at radius 3 is 2.68 bits per heavy atom. The second-order valence-corrected chi connectivity index (χ2v) is 6.05. The van der Waals surface area contributed by atoms with Crippen LogP contribution in [-0.4, -0.2) is 19.6 Å². The summed E-state index contributed by atoms with van der Waals surface area (Å²) in [6, 6.07) is 6.26. The standard InChI is InChI=1S/C16H25FN2/c1-12(2)8-9-19(3)16-7-4-13(10-15(16)17)11-18-14-5-6-14/h4,7,10,12,14,18H,5-6,8-9,11H2,1-3H3. The van der Waals surface area contributed by atoms with E-state index in [1.807, 2.05) is 24.1 Å². The first-order valence-corrected chi connectivity index (χ1v) is 7.29. The molecule has 0 aromatic heterocycles. The van der Waals surface area contributed by atoms with Gasteiger partial charge in [0.15, 0.2) is 0 Å². The lowest BCUT2D eigenvalue weighted by molar-refractivity contribution is 0.573. The zero-order valence-corrected chi connectivity index (χ0v) is 12.2. The third-order valence-electron chi connectivity index (χ3n) is 3.64. The number of benzene rings is 1. The smallest absolute Gasteiger partial charge is 0.146 e. The summed E-state index contributed by atoms with van der Waals surface area (Å²) in [5, 5.41) is 3.41. The van der Waals surface area contributed by atoms with Crippen LogP contribution in [0.4, 0.5) is 10.1 Å². The number of halogens is 1. The Hall–Kier alpha value is -1.09. The van der Waals surface area contributed by atoms with Crippen molar-refractivity contribution in [3.63, 3.8) is 0 Å². The summed E-state index contributed by atoms with van der Waals surface area (Å²) in [5.74, 6) is 0.536. The molecular formula is C16H25FN2. The van der Waals surface area contributed by atoms with E-state index in [2.05, 4.69) is 19.2 Å². The van der Waals surface area contributed by atoms with E-state index in [0.29, 0.717) is 17.6 Å². The van der Waals surface area contributed by atoms with Crippen LogP contribution in [0.25, 0.3) is 0 Å². The molecular weight excluding hydrogens is 239 g/mol. The summed E-state index contributed by atoms with van der Waals surface area (Å²) in [5.41, 5.74) is 1.74. The highest BCUT2D eigenvalue weighted by Crippen LogP contribution is 2.22. The molecule has 3 heteroatoms. The van der Waals surface area contributed by atoms with Crippen molar-refractivity contribution in [2.24, 2.45) is 5.92 Å². The van der Waals surface area contributed by atoms with Crippen molar-refractivity contribution in [3.8, 4) is 0 Å². The largest absolute Gasteiger partial charge is 0.372 e. The molecule has 0 amide bonds. The summed E-state index contributed by atoms with van der Waals surface area (Å²) in [4.78, 5) is 2.01. The monoisotopic (exact) mass is 264 g/mol. The van der Waals surface area contributed by atoms with Crippen LogP contribution in [0, 0.1) is 11.7 Å². The molecule has 1 aromatic carbocycles. The molecule has 19 heavy (non-hydrogen) atoms. The molecule has 0 aliphatic heterocycles. The van der Waals surface area contributed by atoms with Crippen LogP contribution >= 0.6 is 0 Å². The molecule has 0 radical (unpaired) electrons. The third-order valence-corrected chi connectivity index (χ3v) is 3.64. The second kappa shape index (κ2) is 6.38. The van der Waals surface area contributed by atoms with Crippen LogP contribution in [-0.2, 0) is 6.54 Å². The fourth-order valence-electron chi connectivity index (χ4n) is 2.09. The molecule has 2 nitrogen and oxygen atoms in total. The first-order chi connectivity index (χ1) is 9.06. The Morgan fingerprint density at radius 1 is 1.37 bits per heavy atom. The number of hydrogen-bond donors (Lipinski definition) is 1. The normalized spacial score (nSPS) is 15.0. The van der Waals surface area contributed by atoms with Gasteiger partial charge in [0, 0.05) is 26.2 Å². The second-order valence-electron chi connectivity index (χ2n) is 6.05. The van der Waals surface area contributed by atoms with Crippen molar-refractivity contribution >= 4 is 5.69 Å². The third kappa shape index (κ3) is 4.50. The van der Waals surface area contributed by atoms with Gasteiger partial charge in [-0.1, -0.05) is 19.9 Å². The zero-order chi connectivity index (χ0) is 13.8. The maximum absolute atomic E-state index is 14.1. The van der Waals surface area contributed by atoms with E-state index in [9.17, 15) is 4.39 Å². The molecule has 0 atom stereocenters. The molecule has 1 aromatic rings. The van der Waals surface area contributed by atoms with Crippen LogP contribution in [0.3, 0.4) is 0 Å². The Balaban J connectivity index is 1.92. The highest BCUT2D eigenvalue weighted by molar-refractivity contribution is 5.48. The molecule has 0 bridgehead atoms. The van der Waals surface area contributed by atoms with Gasteiger partial charge in [0.1, 0.15) is 5.82 Å². The lowest BCUT2D eigenvalue weighted by atomic mass is 10.1. The van der Waals surface area contributed by atoms with Gasteiger partial charge in [0.2, 0.25) is 0 Å². The molecule has 1 aliphatic carbocycles. The number of rotatable bonds is 7. The fraction of sp³-hybridized carbons (Fsp3) is 0.625. The number of nitrogens with zero attached hydrogens (tertiary/aromatic N) is 1. The molecule has 1 fully saturated rings. The summed E-state index contributed by atoms with van der Waals surface area (Å²) in [6.07, 6.45) is 3.61. The summed E-state index contributed by atoms with van der Waals surface area (Å²) < 4.78 is 14.1. The quantitative estimate of drug-likeness (QED) is 0.810. The molecule has 0 heterocycles. The summed E-state index contributed by atoms with van der Waals surface area (Å²) in [7, 11) is 1.96. The van der Waals surface area contributed by atoms with Gasteiger partial charge in [-0.2, -0.15) is 0 Å². The van der Waals surface area contributed by atoms with Gasteiger partial charge >= 0.3 is 0 Å². The van der Waals surface area contributed by atoms with Crippen molar-refractivity contribution in [3.05, 3.63) is 29.6 Å². The minimum absolute atomic E-state index is 0.110. The highest BCUT2D eigenvalue weighted by atomic mass is 19.1. The van der Waals surface area contributed by atoms with E-state index in [-0.39, 0.29) is 5.82 Å². The van der Waals surface area contributed by atoms with Crippen molar-refractivity contribution in [2.75, 3.05) is 18.5 Å². The molecule has 0 saturated heterocycles. The van der Waals surface area contributed by atoms with E-state index < -0.39 is 0 Å². The first kappa shape index (κ1) is 14.3. The minimum Gasteiger partial charge on any atom is -0.372 e. The van der Waals surface area contributed by atoms with E-state index in [1.54, 1.807) is 6.07 Å². The van der Waals surface area contributed by atoms with Gasteiger partial charge in [-0.25, -0.2) is 4.39 Å². The lowest BCUT2D eigenvalue weighted by Gasteiger charge is -2.21. The molecule has 2 rings (SSSR count). The summed E-state index contributed by atoms with van der Waals surface area (Å²) in [6.45, 7) is 6.06.